The van der Waals surface area contributed by atoms with Gasteiger partial charge in [0.15, 0.2) is 11.5 Å². The van der Waals surface area contributed by atoms with Crippen LogP contribution in [0.15, 0.2) is 72.8 Å². The van der Waals surface area contributed by atoms with Crippen molar-refractivity contribution >= 4 is 0 Å². The number of nitrogens with zero attached hydrogens (tertiary/aromatic N) is 1. The van der Waals surface area contributed by atoms with Gasteiger partial charge in [0.25, 0.3) is 0 Å². The first kappa shape index (κ1) is 23.5. The number of unbranched alkanes of at least 4 members (excludes halogenated alkanes) is 1. The van der Waals surface area contributed by atoms with Crippen LogP contribution in [0, 0.1) is 11.7 Å². The van der Waals surface area contributed by atoms with Crippen LogP contribution in [0.4, 0.5) is 4.39 Å². The van der Waals surface area contributed by atoms with Crippen LogP contribution in [0.5, 0.6) is 23.0 Å². The number of halogens is 1. The number of benzene rings is 3. The van der Waals surface area contributed by atoms with Crippen LogP contribution in [0.1, 0.15) is 30.7 Å². The van der Waals surface area contributed by atoms with E-state index in [1.165, 1.54) is 5.56 Å². The first-order valence-electron chi connectivity index (χ1n) is 12.4. The quantitative estimate of drug-likeness (QED) is 0.340. The van der Waals surface area contributed by atoms with E-state index in [4.69, 9.17) is 18.9 Å². The molecule has 35 heavy (non-hydrogen) atoms. The Balaban J connectivity index is 1.16. The Morgan fingerprint density at radius 3 is 2.54 bits per heavy atom. The molecule has 1 fully saturated rings. The van der Waals surface area contributed by atoms with Crippen molar-refractivity contribution in [3.05, 3.63) is 84.2 Å². The fourth-order valence-electron chi connectivity index (χ4n) is 4.94. The van der Waals surface area contributed by atoms with Crippen molar-refractivity contribution in [2.45, 2.75) is 25.2 Å². The van der Waals surface area contributed by atoms with E-state index in [1.54, 1.807) is 12.1 Å². The highest BCUT2D eigenvalue weighted by Gasteiger charge is 2.31. The van der Waals surface area contributed by atoms with Crippen LogP contribution in [0.3, 0.4) is 0 Å². The minimum absolute atomic E-state index is 0.197. The van der Waals surface area contributed by atoms with Crippen molar-refractivity contribution < 1.29 is 23.3 Å². The summed E-state index contributed by atoms with van der Waals surface area (Å²) in [7, 11) is 0. The van der Waals surface area contributed by atoms with Gasteiger partial charge in [-0.25, -0.2) is 4.39 Å². The van der Waals surface area contributed by atoms with Gasteiger partial charge in [-0.15, -0.1) is 0 Å². The summed E-state index contributed by atoms with van der Waals surface area (Å²) in [4.78, 5) is 2.52. The first-order valence-corrected chi connectivity index (χ1v) is 12.4. The van der Waals surface area contributed by atoms with Crippen LogP contribution in [0.2, 0.25) is 0 Å². The van der Waals surface area contributed by atoms with E-state index in [1.807, 2.05) is 60.7 Å². The van der Waals surface area contributed by atoms with Crippen LogP contribution < -0.4 is 18.9 Å². The van der Waals surface area contributed by atoms with Crippen molar-refractivity contribution in [3.63, 3.8) is 0 Å². The molecular formula is C29H32FNO4. The van der Waals surface area contributed by atoms with Gasteiger partial charge in [0.2, 0.25) is 6.79 Å². The molecule has 0 spiro atoms. The Labute approximate surface area is 206 Å². The molecule has 5 nitrogen and oxygen atoms in total. The van der Waals surface area contributed by atoms with Crippen molar-refractivity contribution in [1.29, 1.82) is 0 Å². The summed E-state index contributed by atoms with van der Waals surface area (Å²) in [5.74, 6) is 3.62. The van der Waals surface area contributed by atoms with Crippen LogP contribution >= 0.6 is 0 Å². The summed E-state index contributed by atoms with van der Waals surface area (Å²) in [5, 5.41) is 0. The molecule has 2 heterocycles. The second-order valence-corrected chi connectivity index (χ2v) is 9.20. The lowest BCUT2D eigenvalue weighted by atomic mass is 9.80. The second-order valence-electron chi connectivity index (χ2n) is 9.20. The highest BCUT2D eigenvalue weighted by Crippen LogP contribution is 2.37. The molecule has 0 bridgehead atoms. The molecule has 0 aromatic heterocycles. The molecule has 0 aliphatic carbocycles. The predicted molar refractivity (Wildman–Crippen MR) is 133 cm³/mol. The molecule has 0 N–H and O–H groups in total. The standard InChI is InChI=1S/C29H32FNO4/c30-24-10-8-22(9-11-24)27-14-16-31(15-4-5-17-32-25-6-2-1-3-7-25)19-23(27)20-33-26-12-13-28-29(18-26)35-21-34-28/h1-3,6-13,18,23,27H,4-5,14-17,19-21H2/t23-,27-/m1/s1. The summed E-state index contributed by atoms with van der Waals surface area (Å²) in [5.41, 5.74) is 1.18. The molecule has 1 saturated heterocycles. The lowest BCUT2D eigenvalue weighted by Gasteiger charge is -2.39. The Morgan fingerprint density at radius 1 is 0.857 bits per heavy atom. The normalized spacial score (nSPS) is 19.5. The number of hydrogen-bond acceptors (Lipinski definition) is 5. The molecule has 184 valence electrons. The second kappa shape index (κ2) is 11.5. The molecular weight excluding hydrogens is 445 g/mol. The van der Waals surface area contributed by atoms with Gasteiger partial charge in [-0.3, -0.25) is 0 Å². The summed E-state index contributed by atoms with van der Waals surface area (Å²) in [6.07, 6.45) is 3.14. The zero-order valence-corrected chi connectivity index (χ0v) is 19.9. The van der Waals surface area contributed by atoms with Crippen molar-refractivity contribution in [1.82, 2.24) is 4.90 Å². The molecule has 2 atom stereocenters. The number of likely N-dealkylation sites (tertiary alicyclic amines) is 1. The number of para-hydroxylation sites is 1. The lowest BCUT2D eigenvalue weighted by molar-refractivity contribution is 0.108. The molecule has 0 unspecified atom stereocenters. The first-order chi connectivity index (χ1) is 17.2. The number of ether oxygens (including phenoxy) is 4. The third-order valence-electron chi connectivity index (χ3n) is 6.80. The highest BCUT2D eigenvalue weighted by atomic mass is 19.1. The zero-order chi connectivity index (χ0) is 23.9. The van der Waals surface area contributed by atoms with E-state index < -0.39 is 0 Å². The van der Waals surface area contributed by atoms with E-state index in [-0.39, 0.29) is 12.6 Å². The molecule has 6 heteroatoms. The maximum atomic E-state index is 13.5. The minimum atomic E-state index is -0.197. The Morgan fingerprint density at radius 2 is 1.69 bits per heavy atom. The van der Waals surface area contributed by atoms with E-state index in [0.29, 0.717) is 18.4 Å². The Kier molecular flexibility index (Phi) is 7.69. The third kappa shape index (κ3) is 6.25. The minimum Gasteiger partial charge on any atom is -0.494 e. The molecule has 3 aromatic carbocycles. The van der Waals surface area contributed by atoms with E-state index in [9.17, 15) is 4.39 Å². The smallest absolute Gasteiger partial charge is 0.231 e. The van der Waals surface area contributed by atoms with Crippen molar-refractivity contribution in [2.75, 3.05) is 39.6 Å². The Bertz CT molecular complexity index is 1080. The molecule has 3 aromatic rings. The van der Waals surface area contributed by atoms with Gasteiger partial charge < -0.3 is 23.8 Å². The molecule has 0 radical (unpaired) electrons. The van der Waals surface area contributed by atoms with E-state index in [2.05, 4.69) is 4.90 Å². The number of rotatable bonds is 10. The zero-order valence-electron chi connectivity index (χ0n) is 19.9. The maximum Gasteiger partial charge on any atom is 0.231 e. The topological polar surface area (TPSA) is 40.2 Å². The van der Waals surface area contributed by atoms with Gasteiger partial charge in [0.05, 0.1) is 13.2 Å². The average molecular weight is 478 g/mol. The van der Waals surface area contributed by atoms with Gasteiger partial charge in [-0.1, -0.05) is 30.3 Å². The fourth-order valence-corrected chi connectivity index (χ4v) is 4.94. The van der Waals surface area contributed by atoms with Crippen molar-refractivity contribution in [3.8, 4) is 23.0 Å². The summed E-state index contributed by atoms with van der Waals surface area (Å²) in [6.45, 7) is 4.59. The number of hydrogen-bond donors (Lipinski definition) is 0. The SMILES string of the molecule is Fc1ccc([C@H]2CCN(CCCCOc3ccccc3)C[C@@H]2COc2ccc3c(c2)OCO3)cc1. The van der Waals surface area contributed by atoms with Crippen LogP contribution in [0.25, 0.3) is 0 Å². The van der Waals surface area contributed by atoms with E-state index in [0.717, 1.165) is 68.5 Å². The maximum absolute atomic E-state index is 13.5. The van der Waals surface area contributed by atoms with Gasteiger partial charge in [0.1, 0.15) is 17.3 Å². The molecule has 2 aliphatic heterocycles. The molecule has 2 aliphatic rings. The monoisotopic (exact) mass is 477 g/mol. The van der Waals surface area contributed by atoms with Crippen LogP contribution in [-0.4, -0.2) is 44.5 Å². The summed E-state index contributed by atoms with van der Waals surface area (Å²) in [6, 6.07) is 22.6. The fraction of sp³-hybridized carbons (Fsp3) is 0.379. The highest BCUT2D eigenvalue weighted by molar-refractivity contribution is 5.46. The Hall–Kier alpha value is -3.25. The van der Waals surface area contributed by atoms with Gasteiger partial charge in [-0.05, 0) is 80.2 Å². The molecule has 0 amide bonds. The van der Waals surface area contributed by atoms with Crippen molar-refractivity contribution in [2.24, 2.45) is 5.92 Å². The summed E-state index contributed by atoms with van der Waals surface area (Å²) >= 11 is 0. The molecule has 5 rings (SSSR count). The van der Waals surface area contributed by atoms with Gasteiger partial charge in [-0.2, -0.15) is 0 Å². The molecule has 0 saturated carbocycles. The summed E-state index contributed by atoms with van der Waals surface area (Å²) < 4.78 is 36.5. The van der Waals surface area contributed by atoms with E-state index >= 15 is 0 Å². The predicted octanol–water partition coefficient (Wildman–Crippen LogP) is 5.90. The van der Waals surface area contributed by atoms with Gasteiger partial charge >= 0.3 is 0 Å². The van der Waals surface area contributed by atoms with Gasteiger partial charge in [0, 0.05) is 18.5 Å². The average Bonchev–Trinajstić information content (AvgIpc) is 3.37. The third-order valence-corrected chi connectivity index (χ3v) is 6.80. The number of piperidine rings is 1. The van der Waals surface area contributed by atoms with Crippen LogP contribution in [-0.2, 0) is 0 Å². The largest absolute Gasteiger partial charge is 0.494 e. The number of fused-ring (bicyclic) bond motifs is 1. The lowest BCUT2D eigenvalue weighted by Crippen LogP contribution is -2.42.